The van der Waals surface area contributed by atoms with Crippen LogP contribution in [0.2, 0.25) is 0 Å². The van der Waals surface area contributed by atoms with Crippen molar-refractivity contribution in [3.8, 4) is 0 Å². The van der Waals surface area contributed by atoms with Crippen molar-refractivity contribution < 1.29 is 20.1 Å². The summed E-state index contributed by atoms with van der Waals surface area (Å²) in [5, 5.41) is 24.0. The smallest absolute Gasteiger partial charge is 0.0698 e. The van der Waals surface area contributed by atoms with E-state index < -0.39 is 0 Å². The summed E-state index contributed by atoms with van der Waals surface area (Å²) in [6, 6.07) is 0. The molecule has 0 aromatic heterocycles. The summed E-state index contributed by atoms with van der Waals surface area (Å²) in [6.07, 6.45) is 0.875. The van der Waals surface area contributed by atoms with E-state index >= 15 is 0 Å². The number of aliphatic hydroxyl groups excluding tert-OH is 3. The van der Waals surface area contributed by atoms with Gasteiger partial charge in [0.25, 0.3) is 0 Å². The molecule has 11 heavy (non-hydrogen) atoms. The van der Waals surface area contributed by atoms with Gasteiger partial charge in [-0.1, -0.05) is 6.92 Å². The van der Waals surface area contributed by atoms with E-state index in [-0.39, 0.29) is 13.2 Å². The van der Waals surface area contributed by atoms with Crippen LogP contribution < -0.4 is 0 Å². The van der Waals surface area contributed by atoms with Crippen molar-refractivity contribution in [1.29, 1.82) is 0 Å². The lowest BCUT2D eigenvalue weighted by Crippen LogP contribution is -2.03. The predicted octanol–water partition coefficient (Wildman–Crippen LogP) is -0.624. The van der Waals surface area contributed by atoms with Crippen molar-refractivity contribution >= 4 is 0 Å². The van der Waals surface area contributed by atoms with Crippen LogP contribution in [-0.2, 0) is 4.74 Å². The molecule has 0 saturated carbocycles. The third kappa shape index (κ3) is 25.8. The molecule has 0 atom stereocenters. The summed E-state index contributed by atoms with van der Waals surface area (Å²) in [5.74, 6) is 0. The van der Waals surface area contributed by atoms with E-state index in [0.717, 1.165) is 6.42 Å². The molecular formula is C7H18O4. The summed E-state index contributed by atoms with van der Waals surface area (Å²) >= 11 is 0. The Morgan fingerprint density at radius 3 is 1.45 bits per heavy atom. The third-order valence-corrected chi connectivity index (χ3v) is 0.695. The fourth-order valence-electron chi connectivity index (χ4n) is 0.231. The molecule has 0 heterocycles. The highest BCUT2D eigenvalue weighted by molar-refractivity contribution is 4.24. The first-order valence-electron chi connectivity index (χ1n) is 3.73. The fourth-order valence-corrected chi connectivity index (χ4v) is 0.231. The standard InChI is InChI=1S/C4H10O3.C3H8O/c5-1-3-7-4-2-6;1-2-3-4/h5-6H,1-4H2;4H,2-3H2,1H3. The Balaban J connectivity index is 0. The lowest BCUT2D eigenvalue weighted by Gasteiger charge is -1.94. The Labute approximate surface area is 67.4 Å². The van der Waals surface area contributed by atoms with Gasteiger partial charge in [0.05, 0.1) is 26.4 Å². The van der Waals surface area contributed by atoms with Crippen LogP contribution in [0.5, 0.6) is 0 Å². The van der Waals surface area contributed by atoms with Crippen LogP contribution in [0, 0.1) is 0 Å². The maximum Gasteiger partial charge on any atom is 0.0698 e. The molecule has 0 aliphatic carbocycles. The summed E-state index contributed by atoms with van der Waals surface area (Å²) in [5.41, 5.74) is 0. The highest BCUT2D eigenvalue weighted by atomic mass is 16.5. The van der Waals surface area contributed by atoms with Crippen LogP contribution >= 0.6 is 0 Å². The van der Waals surface area contributed by atoms with Gasteiger partial charge in [-0.2, -0.15) is 0 Å². The van der Waals surface area contributed by atoms with Gasteiger partial charge in [-0.25, -0.2) is 0 Å². The van der Waals surface area contributed by atoms with Gasteiger partial charge in [-0.3, -0.25) is 0 Å². The van der Waals surface area contributed by atoms with Gasteiger partial charge in [0.2, 0.25) is 0 Å². The molecule has 0 bridgehead atoms. The highest BCUT2D eigenvalue weighted by Crippen LogP contribution is 1.68. The monoisotopic (exact) mass is 166 g/mol. The number of aliphatic hydroxyl groups is 3. The SMILES string of the molecule is CCCO.OCCOCCO. The molecule has 0 rings (SSSR count). The average Bonchev–Trinajstić information content (AvgIpc) is 2.06. The molecule has 0 saturated heterocycles. The van der Waals surface area contributed by atoms with Crippen LogP contribution in [0.4, 0.5) is 0 Å². The second-order valence-corrected chi connectivity index (χ2v) is 1.78. The van der Waals surface area contributed by atoms with E-state index in [9.17, 15) is 0 Å². The Morgan fingerprint density at radius 2 is 1.27 bits per heavy atom. The molecular weight excluding hydrogens is 148 g/mol. The zero-order valence-electron chi connectivity index (χ0n) is 6.99. The minimum atomic E-state index is 0.0278. The third-order valence-electron chi connectivity index (χ3n) is 0.695. The van der Waals surface area contributed by atoms with Crippen molar-refractivity contribution in [3.05, 3.63) is 0 Å². The molecule has 70 valence electrons. The normalized spacial score (nSPS) is 8.73. The molecule has 0 aromatic rings. The van der Waals surface area contributed by atoms with Crippen LogP contribution in [-0.4, -0.2) is 48.4 Å². The molecule has 0 fully saturated rings. The lowest BCUT2D eigenvalue weighted by atomic mass is 10.5. The highest BCUT2D eigenvalue weighted by Gasteiger charge is 1.79. The second kappa shape index (κ2) is 16.4. The lowest BCUT2D eigenvalue weighted by molar-refractivity contribution is 0.0650. The first kappa shape index (κ1) is 13.4. The van der Waals surface area contributed by atoms with Crippen molar-refractivity contribution in [2.75, 3.05) is 33.0 Å². The number of ether oxygens (including phenoxy) is 1. The predicted molar refractivity (Wildman–Crippen MR) is 42.4 cm³/mol. The number of hydrogen-bond acceptors (Lipinski definition) is 4. The molecule has 0 aliphatic heterocycles. The summed E-state index contributed by atoms with van der Waals surface area (Å²) < 4.78 is 4.63. The van der Waals surface area contributed by atoms with E-state index in [1.165, 1.54) is 0 Å². The van der Waals surface area contributed by atoms with E-state index in [1.54, 1.807) is 0 Å². The van der Waals surface area contributed by atoms with Crippen LogP contribution in [0.3, 0.4) is 0 Å². The fraction of sp³-hybridized carbons (Fsp3) is 1.00. The first-order valence-corrected chi connectivity index (χ1v) is 3.73. The maximum atomic E-state index is 8.09. The molecule has 0 unspecified atom stereocenters. The van der Waals surface area contributed by atoms with Crippen LogP contribution in [0.1, 0.15) is 13.3 Å². The summed E-state index contributed by atoms with van der Waals surface area (Å²) in [4.78, 5) is 0. The molecule has 0 aliphatic rings. The Morgan fingerprint density at radius 1 is 0.909 bits per heavy atom. The number of hydrogen-bond donors (Lipinski definition) is 3. The first-order chi connectivity index (χ1) is 5.33. The van der Waals surface area contributed by atoms with E-state index in [1.807, 2.05) is 6.92 Å². The largest absolute Gasteiger partial charge is 0.396 e. The number of rotatable bonds is 5. The molecule has 4 heteroatoms. The van der Waals surface area contributed by atoms with Crippen molar-refractivity contribution in [2.24, 2.45) is 0 Å². The topological polar surface area (TPSA) is 69.9 Å². The Bertz CT molecular complexity index is 43.7. The van der Waals surface area contributed by atoms with Crippen molar-refractivity contribution in [3.63, 3.8) is 0 Å². The molecule has 3 N–H and O–H groups in total. The van der Waals surface area contributed by atoms with E-state index in [4.69, 9.17) is 15.3 Å². The molecule has 0 spiro atoms. The van der Waals surface area contributed by atoms with Crippen molar-refractivity contribution in [2.45, 2.75) is 13.3 Å². The molecule has 4 nitrogen and oxygen atoms in total. The minimum absolute atomic E-state index is 0.0278. The zero-order chi connectivity index (χ0) is 8.95. The van der Waals surface area contributed by atoms with E-state index in [0.29, 0.717) is 19.8 Å². The average molecular weight is 166 g/mol. The zero-order valence-corrected chi connectivity index (χ0v) is 6.99. The van der Waals surface area contributed by atoms with Gasteiger partial charge < -0.3 is 20.1 Å². The quantitative estimate of drug-likeness (QED) is 0.476. The van der Waals surface area contributed by atoms with Gasteiger partial charge in [0.1, 0.15) is 0 Å². The van der Waals surface area contributed by atoms with Gasteiger partial charge >= 0.3 is 0 Å². The maximum absolute atomic E-state index is 8.09. The van der Waals surface area contributed by atoms with Crippen LogP contribution in [0.15, 0.2) is 0 Å². The Kier molecular flexibility index (Phi) is 20.1. The second-order valence-electron chi connectivity index (χ2n) is 1.78. The van der Waals surface area contributed by atoms with E-state index in [2.05, 4.69) is 4.74 Å². The molecule has 0 aromatic carbocycles. The molecule has 0 amide bonds. The van der Waals surface area contributed by atoms with Gasteiger partial charge in [-0.05, 0) is 6.42 Å². The van der Waals surface area contributed by atoms with Crippen molar-refractivity contribution in [1.82, 2.24) is 0 Å². The van der Waals surface area contributed by atoms with Gasteiger partial charge in [0, 0.05) is 6.61 Å². The van der Waals surface area contributed by atoms with Gasteiger partial charge in [0.15, 0.2) is 0 Å². The minimum Gasteiger partial charge on any atom is -0.396 e. The van der Waals surface area contributed by atoms with Gasteiger partial charge in [-0.15, -0.1) is 0 Å². The summed E-state index contributed by atoms with van der Waals surface area (Å²) in [6.45, 7) is 2.95. The molecule has 0 radical (unpaired) electrons. The summed E-state index contributed by atoms with van der Waals surface area (Å²) in [7, 11) is 0. The van der Waals surface area contributed by atoms with Crippen LogP contribution in [0.25, 0.3) is 0 Å². The Hall–Kier alpha value is -0.160.